The lowest BCUT2D eigenvalue weighted by Gasteiger charge is -2.42. The molecule has 0 aromatic heterocycles. The van der Waals surface area contributed by atoms with Crippen LogP contribution in [0.25, 0.3) is 0 Å². The third-order valence-corrected chi connectivity index (χ3v) is 4.09. The van der Waals surface area contributed by atoms with E-state index in [1.165, 1.54) is 0 Å². The number of amides is 1. The third-order valence-electron chi connectivity index (χ3n) is 4.09. The zero-order valence-electron chi connectivity index (χ0n) is 10.3. The molecule has 2 aliphatic rings. The second kappa shape index (κ2) is 5.10. The lowest BCUT2D eigenvalue weighted by molar-refractivity contribution is -0.148. The summed E-state index contributed by atoms with van der Waals surface area (Å²) >= 11 is 0. The summed E-state index contributed by atoms with van der Waals surface area (Å²) in [5, 5.41) is 21.3. The highest BCUT2D eigenvalue weighted by Crippen LogP contribution is 2.33. The first kappa shape index (κ1) is 13.1. The predicted molar refractivity (Wildman–Crippen MR) is 64.8 cm³/mol. The highest BCUT2D eigenvalue weighted by molar-refractivity contribution is 5.85. The van der Waals surface area contributed by atoms with Gasteiger partial charge in [0.2, 0.25) is 5.91 Å². The quantitative estimate of drug-likeness (QED) is 0.643. The molecule has 100 valence electrons. The minimum Gasteiger partial charge on any atom is -0.481 e. The number of allylic oxidation sites excluding steroid dienone is 2. The van der Waals surface area contributed by atoms with Crippen molar-refractivity contribution in [2.45, 2.75) is 37.6 Å². The first-order valence-electron chi connectivity index (χ1n) is 6.39. The van der Waals surface area contributed by atoms with E-state index < -0.39 is 23.3 Å². The average Bonchev–Trinajstić information content (AvgIpc) is 2.33. The Labute approximate surface area is 106 Å². The zero-order valence-corrected chi connectivity index (χ0v) is 10.3. The Morgan fingerprint density at radius 3 is 2.28 bits per heavy atom. The largest absolute Gasteiger partial charge is 0.481 e. The number of hydrogen-bond donors (Lipinski definition) is 3. The molecule has 0 heterocycles. The van der Waals surface area contributed by atoms with Gasteiger partial charge in [0.25, 0.3) is 0 Å². The van der Waals surface area contributed by atoms with Crippen LogP contribution in [0.3, 0.4) is 0 Å². The van der Waals surface area contributed by atoms with Gasteiger partial charge in [0.1, 0.15) is 0 Å². The molecule has 0 radical (unpaired) electrons. The van der Waals surface area contributed by atoms with Gasteiger partial charge in [0.05, 0.1) is 24.0 Å². The molecule has 3 N–H and O–H groups in total. The maximum absolute atomic E-state index is 12.2. The SMILES string of the molecule is O=C(O)[C@H]1CC=CC[C@H]1C(=O)NC1(CO)CCC1. The van der Waals surface area contributed by atoms with Crippen LogP contribution in [0.4, 0.5) is 0 Å². The number of aliphatic carboxylic acids is 1. The first-order valence-corrected chi connectivity index (χ1v) is 6.39. The van der Waals surface area contributed by atoms with Crippen LogP contribution in [0.2, 0.25) is 0 Å². The molecule has 0 aromatic rings. The number of nitrogens with one attached hydrogen (secondary N) is 1. The van der Waals surface area contributed by atoms with Gasteiger partial charge in [0.15, 0.2) is 0 Å². The summed E-state index contributed by atoms with van der Waals surface area (Å²) in [6, 6.07) is 0. The van der Waals surface area contributed by atoms with Gasteiger partial charge >= 0.3 is 5.97 Å². The Bertz CT molecular complexity index is 368. The second-order valence-electron chi connectivity index (χ2n) is 5.28. The van der Waals surface area contributed by atoms with E-state index in [1.54, 1.807) is 0 Å². The summed E-state index contributed by atoms with van der Waals surface area (Å²) in [5.74, 6) is -2.32. The van der Waals surface area contributed by atoms with Crippen LogP contribution in [-0.4, -0.2) is 34.2 Å². The van der Waals surface area contributed by atoms with Gasteiger partial charge in [0, 0.05) is 0 Å². The standard InChI is InChI=1S/C13H19NO4/c15-8-13(6-3-7-13)14-11(16)9-4-1-2-5-10(9)12(17)18/h1-2,9-10,15H,3-8H2,(H,14,16)(H,17,18)/t9-,10+/m1/s1. The minimum absolute atomic E-state index is 0.0704. The number of carboxylic acids is 1. The fourth-order valence-electron chi connectivity index (χ4n) is 2.66. The number of carbonyl (C=O) groups excluding carboxylic acids is 1. The van der Waals surface area contributed by atoms with Crippen LogP contribution in [-0.2, 0) is 9.59 Å². The van der Waals surface area contributed by atoms with E-state index in [2.05, 4.69) is 5.32 Å². The number of carbonyl (C=O) groups is 2. The maximum Gasteiger partial charge on any atom is 0.307 e. The normalized spacial score (nSPS) is 29.4. The summed E-state index contributed by atoms with van der Waals surface area (Å²) < 4.78 is 0. The molecule has 18 heavy (non-hydrogen) atoms. The molecule has 1 saturated carbocycles. The summed E-state index contributed by atoms with van der Waals surface area (Å²) in [4.78, 5) is 23.3. The Morgan fingerprint density at radius 2 is 1.83 bits per heavy atom. The number of aliphatic hydroxyl groups excluding tert-OH is 1. The van der Waals surface area contributed by atoms with E-state index in [1.807, 2.05) is 12.2 Å². The highest BCUT2D eigenvalue weighted by atomic mass is 16.4. The molecule has 0 bridgehead atoms. The molecule has 2 aliphatic carbocycles. The molecule has 5 heteroatoms. The van der Waals surface area contributed by atoms with Crippen LogP contribution < -0.4 is 5.32 Å². The predicted octanol–water partition coefficient (Wildman–Crippen LogP) is 0.685. The van der Waals surface area contributed by atoms with E-state index in [4.69, 9.17) is 5.11 Å². The fraction of sp³-hybridized carbons (Fsp3) is 0.692. The number of carboxylic acid groups (broad SMARTS) is 1. The first-order chi connectivity index (χ1) is 8.58. The van der Waals surface area contributed by atoms with E-state index >= 15 is 0 Å². The monoisotopic (exact) mass is 253 g/mol. The summed E-state index contributed by atoms with van der Waals surface area (Å²) in [6.07, 6.45) is 7.08. The Morgan fingerprint density at radius 1 is 1.22 bits per heavy atom. The van der Waals surface area contributed by atoms with Crippen molar-refractivity contribution in [2.75, 3.05) is 6.61 Å². The van der Waals surface area contributed by atoms with E-state index in [-0.39, 0.29) is 12.5 Å². The lowest BCUT2D eigenvalue weighted by Crippen LogP contribution is -2.58. The van der Waals surface area contributed by atoms with Gasteiger partial charge in [-0.25, -0.2) is 0 Å². The van der Waals surface area contributed by atoms with Crippen LogP contribution >= 0.6 is 0 Å². The minimum atomic E-state index is -0.925. The maximum atomic E-state index is 12.2. The molecule has 2 rings (SSSR count). The molecule has 2 atom stereocenters. The highest BCUT2D eigenvalue weighted by Gasteiger charge is 2.41. The fourth-order valence-corrected chi connectivity index (χ4v) is 2.66. The van der Waals surface area contributed by atoms with Gasteiger partial charge in [-0.2, -0.15) is 0 Å². The molecule has 1 amide bonds. The Kier molecular flexibility index (Phi) is 3.71. The molecular weight excluding hydrogens is 234 g/mol. The summed E-state index contributed by atoms with van der Waals surface area (Å²) in [5.41, 5.74) is -0.499. The van der Waals surface area contributed by atoms with Crippen molar-refractivity contribution in [3.63, 3.8) is 0 Å². The smallest absolute Gasteiger partial charge is 0.307 e. The summed E-state index contributed by atoms with van der Waals surface area (Å²) in [7, 11) is 0. The lowest BCUT2D eigenvalue weighted by atomic mass is 9.75. The molecule has 0 aliphatic heterocycles. The molecular formula is C13H19NO4. The van der Waals surface area contributed by atoms with Gasteiger partial charge in [-0.3, -0.25) is 9.59 Å². The zero-order chi connectivity index (χ0) is 13.2. The van der Waals surface area contributed by atoms with Crippen molar-refractivity contribution < 1.29 is 19.8 Å². The molecule has 0 spiro atoms. The van der Waals surface area contributed by atoms with Gasteiger partial charge in [-0.15, -0.1) is 0 Å². The van der Waals surface area contributed by atoms with E-state index in [0.717, 1.165) is 19.3 Å². The van der Waals surface area contributed by atoms with Crippen molar-refractivity contribution in [1.82, 2.24) is 5.32 Å². The van der Waals surface area contributed by atoms with Gasteiger partial charge in [-0.1, -0.05) is 12.2 Å². The van der Waals surface area contributed by atoms with Gasteiger partial charge < -0.3 is 15.5 Å². The van der Waals surface area contributed by atoms with E-state index in [9.17, 15) is 14.7 Å². The molecule has 0 unspecified atom stereocenters. The van der Waals surface area contributed by atoms with Crippen molar-refractivity contribution in [3.8, 4) is 0 Å². The number of hydrogen-bond acceptors (Lipinski definition) is 3. The van der Waals surface area contributed by atoms with Gasteiger partial charge in [-0.05, 0) is 32.1 Å². The molecule has 0 saturated heterocycles. The Hall–Kier alpha value is -1.36. The molecule has 1 fully saturated rings. The second-order valence-corrected chi connectivity index (χ2v) is 5.28. The average molecular weight is 253 g/mol. The van der Waals surface area contributed by atoms with Crippen LogP contribution in [0.1, 0.15) is 32.1 Å². The van der Waals surface area contributed by atoms with Crippen molar-refractivity contribution >= 4 is 11.9 Å². The van der Waals surface area contributed by atoms with Crippen molar-refractivity contribution in [1.29, 1.82) is 0 Å². The van der Waals surface area contributed by atoms with Crippen molar-refractivity contribution in [2.24, 2.45) is 11.8 Å². The van der Waals surface area contributed by atoms with E-state index in [0.29, 0.717) is 12.8 Å². The molecule has 5 nitrogen and oxygen atoms in total. The third kappa shape index (κ3) is 2.41. The number of rotatable bonds is 4. The Balaban J connectivity index is 2.03. The van der Waals surface area contributed by atoms with Crippen LogP contribution in [0.5, 0.6) is 0 Å². The summed E-state index contributed by atoms with van der Waals surface area (Å²) in [6.45, 7) is -0.0704. The number of aliphatic hydroxyl groups is 1. The molecule has 0 aromatic carbocycles. The topological polar surface area (TPSA) is 86.6 Å². The van der Waals surface area contributed by atoms with Crippen LogP contribution in [0.15, 0.2) is 12.2 Å². The van der Waals surface area contributed by atoms with Crippen LogP contribution in [0, 0.1) is 11.8 Å². The van der Waals surface area contributed by atoms with Crippen molar-refractivity contribution in [3.05, 3.63) is 12.2 Å².